The van der Waals surface area contributed by atoms with Crippen LogP contribution in [0, 0.1) is 6.92 Å². The standard InChI is InChI=1S/C14H19BrN2O/c1-11-10-12(4-5-13(11)15)16-14(18)6-9-17-7-2-3-8-17/h4-5,10H,2-3,6-9H2,1H3,(H,16,18). The number of benzene rings is 1. The van der Waals surface area contributed by atoms with Crippen molar-refractivity contribution in [3.05, 3.63) is 28.2 Å². The monoisotopic (exact) mass is 310 g/mol. The summed E-state index contributed by atoms with van der Waals surface area (Å²) in [6, 6.07) is 5.87. The maximum Gasteiger partial charge on any atom is 0.225 e. The molecule has 4 heteroatoms. The summed E-state index contributed by atoms with van der Waals surface area (Å²) < 4.78 is 1.07. The zero-order chi connectivity index (χ0) is 13.0. The topological polar surface area (TPSA) is 32.3 Å². The second kappa shape index (κ2) is 6.34. The molecule has 2 rings (SSSR count). The molecular weight excluding hydrogens is 292 g/mol. The highest BCUT2D eigenvalue weighted by atomic mass is 79.9. The minimum Gasteiger partial charge on any atom is -0.326 e. The van der Waals surface area contributed by atoms with Crippen molar-refractivity contribution in [3.63, 3.8) is 0 Å². The molecule has 0 spiro atoms. The molecule has 18 heavy (non-hydrogen) atoms. The maximum atomic E-state index is 11.8. The molecule has 0 bridgehead atoms. The molecule has 98 valence electrons. The molecule has 1 fully saturated rings. The summed E-state index contributed by atoms with van der Waals surface area (Å²) in [5, 5.41) is 2.95. The Morgan fingerprint density at radius 2 is 2.11 bits per heavy atom. The average molecular weight is 311 g/mol. The molecule has 1 saturated heterocycles. The molecule has 1 aromatic rings. The number of amides is 1. The number of aryl methyl sites for hydroxylation is 1. The Kier molecular flexibility index (Phi) is 4.78. The van der Waals surface area contributed by atoms with Gasteiger partial charge in [0.2, 0.25) is 5.91 Å². The summed E-state index contributed by atoms with van der Waals surface area (Å²) in [7, 11) is 0. The number of anilines is 1. The van der Waals surface area contributed by atoms with Crippen LogP contribution >= 0.6 is 15.9 Å². The van der Waals surface area contributed by atoms with Gasteiger partial charge in [-0.1, -0.05) is 15.9 Å². The van der Waals surface area contributed by atoms with E-state index in [9.17, 15) is 4.79 Å². The van der Waals surface area contributed by atoms with Crippen LogP contribution in [0.2, 0.25) is 0 Å². The van der Waals surface area contributed by atoms with E-state index in [2.05, 4.69) is 26.1 Å². The third kappa shape index (κ3) is 3.82. The van der Waals surface area contributed by atoms with Crippen molar-refractivity contribution in [2.24, 2.45) is 0 Å². The first-order valence-electron chi connectivity index (χ1n) is 6.43. The third-order valence-corrected chi connectivity index (χ3v) is 4.19. The summed E-state index contributed by atoms with van der Waals surface area (Å²) in [4.78, 5) is 14.2. The average Bonchev–Trinajstić information content (AvgIpc) is 2.84. The highest BCUT2D eigenvalue weighted by Crippen LogP contribution is 2.20. The molecule has 1 aromatic carbocycles. The van der Waals surface area contributed by atoms with E-state index in [1.54, 1.807) is 0 Å². The Morgan fingerprint density at radius 1 is 1.39 bits per heavy atom. The molecule has 0 radical (unpaired) electrons. The largest absolute Gasteiger partial charge is 0.326 e. The highest BCUT2D eigenvalue weighted by Gasteiger charge is 2.12. The van der Waals surface area contributed by atoms with E-state index in [1.807, 2.05) is 25.1 Å². The first kappa shape index (κ1) is 13.6. The van der Waals surface area contributed by atoms with Crippen molar-refractivity contribution in [2.45, 2.75) is 26.2 Å². The van der Waals surface area contributed by atoms with Gasteiger partial charge in [-0.25, -0.2) is 0 Å². The number of carbonyl (C=O) groups excluding carboxylic acids is 1. The molecule has 0 unspecified atom stereocenters. The quantitative estimate of drug-likeness (QED) is 0.926. The fourth-order valence-electron chi connectivity index (χ4n) is 2.21. The van der Waals surface area contributed by atoms with E-state index in [1.165, 1.54) is 12.8 Å². The van der Waals surface area contributed by atoms with E-state index in [4.69, 9.17) is 0 Å². The third-order valence-electron chi connectivity index (χ3n) is 3.30. The summed E-state index contributed by atoms with van der Waals surface area (Å²) in [5.41, 5.74) is 2.01. The van der Waals surface area contributed by atoms with Crippen LogP contribution in [-0.2, 0) is 4.79 Å². The number of halogens is 1. The number of rotatable bonds is 4. The van der Waals surface area contributed by atoms with E-state index in [0.717, 1.165) is 35.4 Å². The van der Waals surface area contributed by atoms with Gasteiger partial charge in [0, 0.05) is 23.1 Å². The van der Waals surface area contributed by atoms with Gasteiger partial charge in [-0.2, -0.15) is 0 Å². The predicted molar refractivity (Wildman–Crippen MR) is 77.8 cm³/mol. The van der Waals surface area contributed by atoms with Crippen molar-refractivity contribution in [2.75, 3.05) is 25.0 Å². The van der Waals surface area contributed by atoms with Gasteiger partial charge in [-0.15, -0.1) is 0 Å². The smallest absolute Gasteiger partial charge is 0.225 e. The zero-order valence-electron chi connectivity index (χ0n) is 10.7. The lowest BCUT2D eigenvalue weighted by atomic mass is 10.2. The van der Waals surface area contributed by atoms with Gasteiger partial charge in [0.15, 0.2) is 0 Å². The molecule has 3 nitrogen and oxygen atoms in total. The van der Waals surface area contributed by atoms with Crippen LogP contribution < -0.4 is 5.32 Å². The van der Waals surface area contributed by atoms with Gasteiger partial charge in [-0.3, -0.25) is 4.79 Å². The van der Waals surface area contributed by atoms with Gasteiger partial charge in [0.05, 0.1) is 0 Å². The molecule has 1 heterocycles. The lowest BCUT2D eigenvalue weighted by molar-refractivity contribution is -0.116. The van der Waals surface area contributed by atoms with Crippen LogP contribution in [0.1, 0.15) is 24.8 Å². The summed E-state index contributed by atoms with van der Waals surface area (Å²) in [5.74, 6) is 0.101. The minimum atomic E-state index is 0.101. The number of hydrogen-bond donors (Lipinski definition) is 1. The molecule has 0 aliphatic carbocycles. The Labute approximate surface area is 117 Å². The van der Waals surface area contributed by atoms with E-state index in [0.29, 0.717) is 6.42 Å². The lowest BCUT2D eigenvalue weighted by Crippen LogP contribution is -2.25. The van der Waals surface area contributed by atoms with Crippen molar-refractivity contribution in [1.29, 1.82) is 0 Å². The van der Waals surface area contributed by atoms with E-state index in [-0.39, 0.29) is 5.91 Å². The second-order valence-corrected chi connectivity index (χ2v) is 5.67. The van der Waals surface area contributed by atoms with E-state index >= 15 is 0 Å². The van der Waals surface area contributed by atoms with Gasteiger partial charge in [-0.05, 0) is 56.6 Å². The number of nitrogens with one attached hydrogen (secondary N) is 1. The van der Waals surface area contributed by atoms with Crippen LogP contribution in [0.4, 0.5) is 5.69 Å². The molecule has 1 aliphatic rings. The fraction of sp³-hybridized carbons (Fsp3) is 0.500. The van der Waals surface area contributed by atoms with Gasteiger partial charge in [0.25, 0.3) is 0 Å². The second-order valence-electron chi connectivity index (χ2n) is 4.81. The summed E-state index contributed by atoms with van der Waals surface area (Å²) in [6.45, 7) is 5.18. The molecule has 0 atom stereocenters. The molecule has 0 saturated carbocycles. The molecule has 1 N–H and O–H groups in total. The first-order chi connectivity index (χ1) is 8.65. The summed E-state index contributed by atoms with van der Waals surface area (Å²) in [6.07, 6.45) is 3.12. The van der Waals surface area contributed by atoms with Gasteiger partial charge < -0.3 is 10.2 Å². The normalized spacial score (nSPS) is 15.9. The van der Waals surface area contributed by atoms with Crippen LogP contribution in [-0.4, -0.2) is 30.4 Å². The molecular formula is C14H19BrN2O. The van der Waals surface area contributed by atoms with Crippen molar-refractivity contribution < 1.29 is 4.79 Å². The van der Waals surface area contributed by atoms with Crippen molar-refractivity contribution >= 4 is 27.5 Å². The van der Waals surface area contributed by atoms with E-state index < -0.39 is 0 Å². The van der Waals surface area contributed by atoms with Crippen LogP contribution in [0.3, 0.4) is 0 Å². The molecule has 1 amide bonds. The number of likely N-dealkylation sites (tertiary alicyclic amines) is 1. The van der Waals surface area contributed by atoms with Crippen molar-refractivity contribution in [1.82, 2.24) is 4.90 Å². The highest BCUT2D eigenvalue weighted by molar-refractivity contribution is 9.10. The Hall–Kier alpha value is -0.870. The SMILES string of the molecule is Cc1cc(NC(=O)CCN2CCCC2)ccc1Br. The molecule has 1 aliphatic heterocycles. The van der Waals surface area contributed by atoms with Crippen molar-refractivity contribution in [3.8, 4) is 0 Å². The Bertz CT molecular complexity index is 428. The summed E-state index contributed by atoms with van der Waals surface area (Å²) >= 11 is 3.45. The zero-order valence-corrected chi connectivity index (χ0v) is 12.3. The number of nitrogens with zero attached hydrogens (tertiary/aromatic N) is 1. The van der Waals surface area contributed by atoms with Crippen LogP contribution in [0.25, 0.3) is 0 Å². The number of carbonyl (C=O) groups is 1. The van der Waals surface area contributed by atoms with Gasteiger partial charge >= 0.3 is 0 Å². The number of hydrogen-bond acceptors (Lipinski definition) is 2. The predicted octanol–water partition coefficient (Wildman–Crippen LogP) is 3.18. The minimum absolute atomic E-state index is 0.101. The Balaban J connectivity index is 1.80. The van der Waals surface area contributed by atoms with Crippen LogP contribution in [0.5, 0.6) is 0 Å². The Morgan fingerprint density at radius 3 is 2.78 bits per heavy atom. The van der Waals surface area contributed by atoms with Gasteiger partial charge in [0.1, 0.15) is 0 Å². The van der Waals surface area contributed by atoms with Crippen LogP contribution in [0.15, 0.2) is 22.7 Å². The molecule has 0 aromatic heterocycles. The maximum absolute atomic E-state index is 11.8. The fourth-order valence-corrected chi connectivity index (χ4v) is 2.46. The lowest BCUT2D eigenvalue weighted by Gasteiger charge is -2.14. The first-order valence-corrected chi connectivity index (χ1v) is 7.23.